The van der Waals surface area contributed by atoms with Crippen LogP contribution in [0.1, 0.15) is 19.3 Å². The molecule has 2 N–H and O–H groups in total. The number of aromatic nitrogens is 3. The predicted octanol–water partition coefficient (Wildman–Crippen LogP) is 0.860. The first-order valence-corrected chi connectivity index (χ1v) is 8.05. The van der Waals surface area contributed by atoms with Crippen molar-refractivity contribution in [3.8, 4) is 0 Å². The molecule has 136 valence electrons. The molecule has 2 heterocycles. The Morgan fingerprint density at radius 1 is 1.29 bits per heavy atom. The molecule has 0 amide bonds. The molecule has 1 atom stereocenters. The third-order valence-corrected chi connectivity index (χ3v) is 3.84. The number of unbranched alkanes of at least 4 members (excludes halogenated alkanes) is 1. The van der Waals surface area contributed by atoms with Gasteiger partial charge in [0.2, 0.25) is 0 Å². The molecule has 0 saturated carbocycles. The highest BCUT2D eigenvalue weighted by Gasteiger charge is 2.34. The Kier molecular flexibility index (Phi) is 6.83. The van der Waals surface area contributed by atoms with E-state index >= 15 is 0 Å². The van der Waals surface area contributed by atoms with E-state index in [0.29, 0.717) is 25.5 Å². The second kappa shape index (κ2) is 8.86. The molecule has 1 fully saturated rings. The van der Waals surface area contributed by atoms with Gasteiger partial charge in [0.25, 0.3) is 0 Å². The van der Waals surface area contributed by atoms with Crippen molar-refractivity contribution in [2.75, 3.05) is 33.2 Å². The number of aryl methyl sites for hydroxylation is 1. The third kappa shape index (κ3) is 6.73. The van der Waals surface area contributed by atoms with Crippen molar-refractivity contribution in [2.24, 2.45) is 4.99 Å². The van der Waals surface area contributed by atoms with Crippen LogP contribution in [0.25, 0.3) is 0 Å². The fourth-order valence-corrected chi connectivity index (χ4v) is 2.70. The number of rotatable bonds is 7. The molecule has 1 aliphatic rings. The first-order chi connectivity index (χ1) is 11.5. The number of guanidine groups is 1. The maximum atomic E-state index is 12.4. The molecule has 1 saturated heterocycles. The maximum absolute atomic E-state index is 12.4. The maximum Gasteiger partial charge on any atom is 0.401 e. The van der Waals surface area contributed by atoms with Gasteiger partial charge in [-0.2, -0.15) is 13.2 Å². The highest BCUT2D eigenvalue weighted by Crippen LogP contribution is 2.19. The Morgan fingerprint density at radius 2 is 2.04 bits per heavy atom. The van der Waals surface area contributed by atoms with Crippen LogP contribution in [-0.4, -0.2) is 71.1 Å². The van der Waals surface area contributed by atoms with Crippen LogP contribution in [0.3, 0.4) is 0 Å². The van der Waals surface area contributed by atoms with Crippen molar-refractivity contribution >= 4 is 5.96 Å². The largest absolute Gasteiger partial charge is 0.401 e. The van der Waals surface area contributed by atoms with Gasteiger partial charge in [-0.3, -0.25) is 9.89 Å². The van der Waals surface area contributed by atoms with Gasteiger partial charge >= 0.3 is 6.18 Å². The van der Waals surface area contributed by atoms with Gasteiger partial charge in [0.1, 0.15) is 12.7 Å². The van der Waals surface area contributed by atoms with Crippen LogP contribution in [0.2, 0.25) is 0 Å². The molecular formula is C14H24F3N7. The molecule has 0 radical (unpaired) electrons. The SMILES string of the molecule is CN=C(NCCCCn1cnnc1)NC1CCN(CC(F)(F)F)C1. The average molecular weight is 347 g/mol. The lowest BCUT2D eigenvalue weighted by molar-refractivity contribution is -0.143. The fraction of sp³-hybridized carbons (Fsp3) is 0.786. The van der Waals surface area contributed by atoms with Gasteiger partial charge in [0, 0.05) is 39.3 Å². The molecule has 1 aromatic rings. The summed E-state index contributed by atoms with van der Waals surface area (Å²) in [4.78, 5) is 5.55. The zero-order valence-electron chi connectivity index (χ0n) is 13.8. The van der Waals surface area contributed by atoms with Gasteiger partial charge in [0.15, 0.2) is 5.96 Å². The smallest absolute Gasteiger partial charge is 0.356 e. The van der Waals surface area contributed by atoms with Gasteiger partial charge in [0.05, 0.1) is 6.54 Å². The summed E-state index contributed by atoms with van der Waals surface area (Å²) in [6.45, 7) is 1.60. The molecule has 1 aromatic heterocycles. The molecule has 1 unspecified atom stereocenters. The molecule has 0 aromatic carbocycles. The summed E-state index contributed by atoms with van der Waals surface area (Å²) in [6.07, 6.45) is 1.83. The standard InChI is InChI=1S/C14H24F3N7/c1-18-13(19-5-2-3-6-24-10-20-21-11-24)22-12-4-7-23(8-12)9-14(15,16)17/h10-12H,2-9H2,1H3,(H2,18,19,22). The first kappa shape index (κ1) is 18.5. The van der Waals surface area contributed by atoms with E-state index in [9.17, 15) is 13.2 Å². The van der Waals surface area contributed by atoms with Crippen LogP contribution in [0, 0.1) is 0 Å². The summed E-state index contributed by atoms with van der Waals surface area (Å²) < 4.78 is 39.1. The van der Waals surface area contributed by atoms with Gasteiger partial charge in [-0.05, 0) is 19.3 Å². The molecule has 2 rings (SSSR count). The Labute approximate surface area is 139 Å². The number of alkyl halides is 3. The lowest BCUT2D eigenvalue weighted by atomic mass is 10.2. The van der Waals surface area contributed by atoms with Crippen molar-refractivity contribution in [3.63, 3.8) is 0 Å². The molecule has 7 nitrogen and oxygen atoms in total. The van der Waals surface area contributed by atoms with Gasteiger partial charge in [-0.15, -0.1) is 10.2 Å². The van der Waals surface area contributed by atoms with Gasteiger partial charge in [-0.1, -0.05) is 0 Å². The number of halogens is 3. The summed E-state index contributed by atoms with van der Waals surface area (Å²) in [5.74, 6) is 0.637. The molecule has 0 spiro atoms. The molecule has 24 heavy (non-hydrogen) atoms. The van der Waals surface area contributed by atoms with E-state index in [1.165, 1.54) is 4.90 Å². The second-order valence-corrected chi connectivity index (χ2v) is 5.89. The fourth-order valence-electron chi connectivity index (χ4n) is 2.70. The quantitative estimate of drug-likeness (QED) is 0.435. The minimum Gasteiger partial charge on any atom is -0.356 e. The van der Waals surface area contributed by atoms with E-state index in [2.05, 4.69) is 25.8 Å². The lowest BCUT2D eigenvalue weighted by Crippen LogP contribution is -2.45. The Bertz CT molecular complexity index is 501. The van der Waals surface area contributed by atoms with E-state index in [4.69, 9.17) is 0 Å². The van der Waals surface area contributed by atoms with Crippen LogP contribution >= 0.6 is 0 Å². The number of hydrogen-bond donors (Lipinski definition) is 2. The average Bonchev–Trinajstić information content (AvgIpc) is 3.16. The van der Waals surface area contributed by atoms with E-state index < -0.39 is 12.7 Å². The third-order valence-electron chi connectivity index (χ3n) is 3.84. The summed E-state index contributed by atoms with van der Waals surface area (Å²) >= 11 is 0. The predicted molar refractivity (Wildman–Crippen MR) is 84.7 cm³/mol. The van der Waals surface area contributed by atoms with Crippen LogP contribution in [0.15, 0.2) is 17.6 Å². The molecule has 10 heteroatoms. The minimum atomic E-state index is -4.14. The van der Waals surface area contributed by atoms with E-state index in [-0.39, 0.29) is 6.04 Å². The normalized spacial score (nSPS) is 19.7. The van der Waals surface area contributed by atoms with E-state index in [1.807, 2.05) is 4.57 Å². The van der Waals surface area contributed by atoms with Crippen LogP contribution < -0.4 is 10.6 Å². The Hall–Kier alpha value is -1.84. The lowest BCUT2D eigenvalue weighted by Gasteiger charge is -2.19. The van der Waals surface area contributed by atoms with Crippen molar-refractivity contribution in [3.05, 3.63) is 12.7 Å². The molecule has 0 aliphatic carbocycles. The number of likely N-dealkylation sites (tertiary alicyclic amines) is 1. The summed E-state index contributed by atoms with van der Waals surface area (Å²) in [7, 11) is 1.66. The number of hydrogen-bond acceptors (Lipinski definition) is 4. The first-order valence-electron chi connectivity index (χ1n) is 8.05. The van der Waals surface area contributed by atoms with Crippen molar-refractivity contribution in [1.29, 1.82) is 0 Å². The number of nitrogens with one attached hydrogen (secondary N) is 2. The molecular weight excluding hydrogens is 323 g/mol. The summed E-state index contributed by atoms with van der Waals surface area (Å²) in [5, 5.41) is 13.9. The van der Waals surface area contributed by atoms with E-state index in [0.717, 1.165) is 25.9 Å². The summed E-state index contributed by atoms with van der Waals surface area (Å²) in [5.41, 5.74) is 0. The highest BCUT2D eigenvalue weighted by molar-refractivity contribution is 5.79. The van der Waals surface area contributed by atoms with Gasteiger partial charge < -0.3 is 15.2 Å². The van der Waals surface area contributed by atoms with Crippen molar-refractivity contribution in [1.82, 2.24) is 30.3 Å². The van der Waals surface area contributed by atoms with E-state index in [1.54, 1.807) is 19.7 Å². The van der Waals surface area contributed by atoms with Crippen LogP contribution in [0.5, 0.6) is 0 Å². The summed E-state index contributed by atoms with van der Waals surface area (Å²) in [6, 6.07) is -0.00410. The molecule has 0 bridgehead atoms. The Balaban J connectivity index is 1.60. The zero-order valence-corrected chi connectivity index (χ0v) is 13.8. The minimum absolute atomic E-state index is 0.00410. The Morgan fingerprint density at radius 3 is 2.71 bits per heavy atom. The van der Waals surface area contributed by atoms with Crippen LogP contribution in [-0.2, 0) is 6.54 Å². The van der Waals surface area contributed by atoms with Crippen LogP contribution in [0.4, 0.5) is 13.2 Å². The highest BCUT2D eigenvalue weighted by atomic mass is 19.4. The van der Waals surface area contributed by atoms with Crippen molar-refractivity contribution in [2.45, 2.75) is 38.0 Å². The zero-order chi connectivity index (χ0) is 17.4. The second-order valence-electron chi connectivity index (χ2n) is 5.89. The van der Waals surface area contributed by atoms with Gasteiger partial charge in [-0.25, -0.2) is 0 Å². The number of aliphatic imine (C=N–C) groups is 1. The van der Waals surface area contributed by atoms with Crippen molar-refractivity contribution < 1.29 is 13.2 Å². The monoisotopic (exact) mass is 347 g/mol. The topological polar surface area (TPSA) is 70.4 Å². The number of nitrogens with zero attached hydrogens (tertiary/aromatic N) is 5. The molecule has 1 aliphatic heterocycles.